The summed E-state index contributed by atoms with van der Waals surface area (Å²) < 4.78 is 32.0. The van der Waals surface area contributed by atoms with E-state index in [9.17, 15) is 4.79 Å². The van der Waals surface area contributed by atoms with Gasteiger partial charge in [-0.3, -0.25) is 0 Å². The molecule has 0 saturated carbocycles. The molecule has 0 atom stereocenters. The molecule has 1 aromatic carbocycles. The zero-order valence-electron chi connectivity index (χ0n) is 16.8. The average molecular weight is 313 g/mol. The van der Waals surface area contributed by atoms with Gasteiger partial charge in [0.15, 0.2) is 0 Å². The van der Waals surface area contributed by atoms with Crippen molar-refractivity contribution < 1.29 is 13.3 Å². The Kier molecular flexibility index (Phi) is 4.02. The minimum atomic E-state index is -2.47. The summed E-state index contributed by atoms with van der Waals surface area (Å²) in [4.78, 5) is 11.4. The van der Waals surface area contributed by atoms with Crippen LogP contribution in [0.5, 0.6) is 5.75 Å². The summed E-state index contributed by atoms with van der Waals surface area (Å²) in [7, 11) is -2.47. The van der Waals surface area contributed by atoms with Crippen molar-refractivity contribution in [3.8, 4) is 5.75 Å². The highest BCUT2D eigenvalue weighted by Gasteiger charge is 2.08. The lowest BCUT2D eigenvalue weighted by molar-refractivity contribution is 0.411. The number of hydrogen-bond acceptors (Lipinski definition) is 3. The fourth-order valence-electron chi connectivity index (χ4n) is 2.44. The minimum Gasteiger partial charge on any atom is -0.496 e. The lowest BCUT2D eigenvalue weighted by Gasteiger charge is -2.13. The lowest BCUT2D eigenvalue weighted by Crippen LogP contribution is -1.97. The topological polar surface area (TPSA) is 39.4 Å². The van der Waals surface area contributed by atoms with Crippen LogP contribution in [-0.4, -0.2) is 7.04 Å². The number of benzene rings is 1. The van der Waals surface area contributed by atoms with E-state index in [1.54, 1.807) is 24.3 Å². The van der Waals surface area contributed by atoms with Crippen LogP contribution in [0.4, 0.5) is 0 Å². The third-order valence-corrected chi connectivity index (χ3v) is 3.79. The van der Waals surface area contributed by atoms with Crippen LogP contribution < -0.4 is 10.4 Å². The number of allylic oxidation sites excluding steroid dienone is 2. The summed E-state index contributed by atoms with van der Waals surface area (Å²) >= 11 is 0. The van der Waals surface area contributed by atoms with Crippen LogP contribution in [0.25, 0.3) is 12.2 Å². The highest BCUT2D eigenvalue weighted by Crippen LogP contribution is 2.28. The normalized spacial score (nSPS) is 14.0. The minimum absolute atomic E-state index is 0.370. The molecule has 0 spiro atoms. The molecule has 0 aliphatic rings. The first-order valence-corrected chi connectivity index (χ1v) is 7.33. The van der Waals surface area contributed by atoms with Crippen LogP contribution in [0.1, 0.15) is 37.7 Å². The van der Waals surface area contributed by atoms with E-state index >= 15 is 0 Å². The first-order chi connectivity index (χ1) is 12.1. The molecule has 2 aromatic rings. The van der Waals surface area contributed by atoms with Gasteiger partial charge in [0.25, 0.3) is 0 Å². The number of aryl methyl sites for hydroxylation is 2. The van der Waals surface area contributed by atoms with Gasteiger partial charge in [-0.15, -0.1) is 0 Å². The maximum Gasteiger partial charge on any atom is 0.336 e. The first kappa shape index (κ1) is 12.9. The number of hydrogen-bond donors (Lipinski definition) is 0. The van der Waals surface area contributed by atoms with Crippen molar-refractivity contribution in [2.24, 2.45) is 0 Å². The van der Waals surface area contributed by atoms with Crippen molar-refractivity contribution in [3.05, 3.63) is 74.3 Å². The third-order valence-electron chi connectivity index (χ3n) is 3.79. The molecule has 2 rings (SSSR count). The van der Waals surface area contributed by atoms with Crippen molar-refractivity contribution >= 4 is 12.2 Å². The Morgan fingerprint density at radius 2 is 1.78 bits per heavy atom. The molecule has 3 nitrogen and oxygen atoms in total. The van der Waals surface area contributed by atoms with E-state index in [1.165, 1.54) is 6.07 Å². The first-order valence-electron chi connectivity index (χ1n) is 8.83. The second kappa shape index (κ2) is 7.14. The number of rotatable bonds is 4. The molecule has 120 valence electrons. The molecule has 0 aliphatic heterocycles. The molecular formula is C20H22O3. The largest absolute Gasteiger partial charge is 0.496 e. The summed E-state index contributed by atoms with van der Waals surface area (Å²) in [5, 5.41) is 0. The summed E-state index contributed by atoms with van der Waals surface area (Å²) in [5.74, 6) is 0.861. The summed E-state index contributed by atoms with van der Waals surface area (Å²) in [6.45, 7) is 7.51. The average Bonchev–Trinajstić information content (AvgIpc) is 2.49. The predicted octanol–water partition coefficient (Wildman–Crippen LogP) is 4.61. The molecular weight excluding hydrogens is 288 g/mol. The van der Waals surface area contributed by atoms with Gasteiger partial charge < -0.3 is 9.15 Å². The van der Waals surface area contributed by atoms with Crippen LogP contribution in [0.3, 0.4) is 0 Å². The van der Waals surface area contributed by atoms with E-state index in [2.05, 4.69) is 0 Å². The molecule has 0 aliphatic carbocycles. The van der Waals surface area contributed by atoms with Crippen molar-refractivity contribution in [3.63, 3.8) is 0 Å². The van der Waals surface area contributed by atoms with E-state index in [4.69, 9.17) is 13.3 Å². The predicted molar refractivity (Wildman–Crippen MR) is 95.0 cm³/mol. The molecule has 3 heteroatoms. The Labute approximate surface area is 141 Å². The second-order valence-electron chi connectivity index (χ2n) is 5.53. The number of methoxy groups -OCH3 is 1. The Balaban J connectivity index is 2.26. The molecule has 0 fully saturated rings. The fourth-order valence-corrected chi connectivity index (χ4v) is 2.44. The highest BCUT2D eigenvalue weighted by atomic mass is 16.5. The molecule has 0 saturated heterocycles. The van der Waals surface area contributed by atoms with Gasteiger partial charge in [-0.05, 0) is 73.7 Å². The quantitative estimate of drug-likeness (QED) is 0.774. The van der Waals surface area contributed by atoms with Crippen molar-refractivity contribution in [2.45, 2.75) is 27.7 Å². The molecule has 0 amide bonds. The second-order valence-corrected chi connectivity index (χ2v) is 5.53. The van der Waals surface area contributed by atoms with Crippen LogP contribution >= 0.6 is 0 Å². The SMILES string of the molecule is [2H]C([2H])([2H])Oc1cc(C)c(/C=C/C=C/c2cc(C)cc(=O)o2)c(C)c1C. The van der Waals surface area contributed by atoms with Crippen LogP contribution in [0.2, 0.25) is 0 Å². The molecule has 0 N–H and O–H groups in total. The van der Waals surface area contributed by atoms with Gasteiger partial charge in [-0.1, -0.05) is 18.2 Å². The molecule has 23 heavy (non-hydrogen) atoms. The third kappa shape index (κ3) is 4.01. The van der Waals surface area contributed by atoms with E-state index < -0.39 is 7.04 Å². The van der Waals surface area contributed by atoms with Gasteiger partial charge in [0, 0.05) is 6.07 Å². The standard InChI is InChI=1S/C20H22O3/c1-13-10-17(23-20(21)11-13)8-6-7-9-18-14(2)12-19(22-5)16(4)15(18)3/h6-12H,1-5H3/b8-6+,9-7+/i5D3. The zero-order valence-corrected chi connectivity index (χ0v) is 13.8. The van der Waals surface area contributed by atoms with E-state index in [0.717, 1.165) is 27.8 Å². The highest BCUT2D eigenvalue weighted by molar-refractivity contribution is 5.64. The van der Waals surface area contributed by atoms with Crippen molar-refractivity contribution in [1.29, 1.82) is 0 Å². The Morgan fingerprint density at radius 1 is 1.04 bits per heavy atom. The maximum atomic E-state index is 11.4. The molecule has 0 bridgehead atoms. The lowest BCUT2D eigenvalue weighted by atomic mass is 9.97. The van der Waals surface area contributed by atoms with Gasteiger partial charge in [0.2, 0.25) is 0 Å². The van der Waals surface area contributed by atoms with Gasteiger partial charge >= 0.3 is 5.63 Å². The molecule has 0 radical (unpaired) electrons. The van der Waals surface area contributed by atoms with Crippen LogP contribution in [-0.2, 0) is 0 Å². The Morgan fingerprint density at radius 3 is 2.48 bits per heavy atom. The fraction of sp³-hybridized carbons (Fsp3) is 0.250. The monoisotopic (exact) mass is 313 g/mol. The van der Waals surface area contributed by atoms with E-state index in [0.29, 0.717) is 11.5 Å². The van der Waals surface area contributed by atoms with E-state index in [1.807, 2.05) is 39.8 Å². The summed E-state index contributed by atoms with van der Waals surface area (Å²) in [6, 6.07) is 4.95. The maximum absolute atomic E-state index is 11.4. The van der Waals surface area contributed by atoms with Crippen LogP contribution in [0, 0.1) is 27.7 Å². The Bertz CT molecular complexity index is 919. The van der Waals surface area contributed by atoms with E-state index in [-0.39, 0.29) is 5.63 Å². The molecule has 1 aromatic heterocycles. The summed E-state index contributed by atoms with van der Waals surface area (Å²) in [6.07, 6.45) is 7.29. The molecule has 1 heterocycles. The zero-order chi connectivity index (χ0) is 19.5. The smallest absolute Gasteiger partial charge is 0.336 e. The Hall–Kier alpha value is -2.55. The van der Waals surface area contributed by atoms with Gasteiger partial charge in [-0.25, -0.2) is 4.79 Å². The summed E-state index contributed by atoms with van der Waals surface area (Å²) in [5.41, 5.74) is 4.13. The van der Waals surface area contributed by atoms with Crippen molar-refractivity contribution in [1.82, 2.24) is 0 Å². The van der Waals surface area contributed by atoms with Gasteiger partial charge in [0.1, 0.15) is 11.5 Å². The van der Waals surface area contributed by atoms with Gasteiger partial charge in [0.05, 0.1) is 11.2 Å². The van der Waals surface area contributed by atoms with Crippen LogP contribution in [0.15, 0.2) is 39.6 Å². The molecule has 0 unspecified atom stereocenters. The van der Waals surface area contributed by atoms with Crippen molar-refractivity contribution in [2.75, 3.05) is 7.04 Å². The number of ether oxygens (including phenoxy) is 1. The van der Waals surface area contributed by atoms with Gasteiger partial charge in [-0.2, -0.15) is 0 Å².